The van der Waals surface area contributed by atoms with Crippen molar-refractivity contribution in [1.82, 2.24) is 10.9 Å². The van der Waals surface area contributed by atoms with Crippen LogP contribution in [0.2, 0.25) is 0 Å². The highest BCUT2D eigenvalue weighted by Gasteiger charge is 2.10. The summed E-state index contributed by atoms with van der Waals surface area (Å²) in [6.07, 6.45) is 2.10. The number of hydrogen-bond donors (Lipinski definition) is 3. The van der Waals surface area contributed by atoms with Gasteiger partial charge in [-0.3, -0.25) is 25.2 Å². The van der Waals surface area contributed by atoms with Crippen LogP contribution in [0.25, 0.3) is 0 Å². The predicted octanol–water partition coefficient (Wildman–Crippen LogP) is 3.59. The summed E-state index contributed by atoms with van der Waals surface area (Å²) in [5.41, 5.74) is 6.74. The molecule has 2 rings (SSSR count). The van der Waals surface area contributed by atoms with Crippen molar-refractivity contribution in [2.45, 2.75) is 33.1 Å². The van der Waals surface area contributed by atoms with Crippen LogP contribution in [0.3, 0.4) is 0 Å². The first-order valence-corrected chi connectivity index (χ1v) is 10.1. The van der Waals surface area contributed by atoms with Gasteiger partial charge in [0, 0.05) is 17.7 Å². The molecular weight excluding hydrogens is 438 g/mol. The molecule has 8 heteroatoms. The Hall–Kier alpha value is -2.87. The first-order valence-electron chi connectivity index (χ1n) is 9.33. The fraction of sp³-hybridized carbons (Fsp3) is 0.286. The van der Waals surface area contributed by atoms with Crippen LogP contribution in [0.15, 0.2) is 46.9 Å². The molecule has 0 saturated carbocycles. The lowest BCUT2D eigenvalue weighted by molar-refractivity contribution is -0.123. The van der Waals surface area contributed by atoms with E-state index in [4.69, 9.17) is 4.74 Å². The van der Waals surface area contributed by atoms with Crippen molar-refractivity contribution < 1.29 is 19.1 Å². The summed E-state index contributed by atoms with van der Waals surface area (Å²) in [5, 5.41) is 2.74. The molecular formula is C21H24BrN3O4. The molecule has 3 N–H and O–H groups in total. The van der Waals surface area contributed by atoms with E-state index in [1.165, 1.54) is 0 Å². The minimum absolute atomic E-state index is 0.0760. The molecule has 0 heterocycles. The van der Waals surface area contributed by atoms with Crippen LogP contribution in [-0.4, -0.2) is 24.3 Å². The Morgan fingerprint density at radius 3 is 2.31 bits per heavy atom. The van der Waals surface area contributed by atoms with Crippen LogP contribution in [-0.2, 0) is 16.0 Å². The zero-order chi connectivity index (χ0) is 21.2. The number of benzene rings is 2. The molecule has 0 radical (unpaired) electrons. The molecule has 0 saturated heterocycles. The van der Waals surface area contributed by atoms with Crippen molar-refractivity contribution in [1.29, 1.82) is 0 Å². The fourth-order valence-corrected chi connectivity index (χ4v) is 2.96. The molecule has 0 fully saturated rings. The SMILES string of the molecule is CCCC(=O)Nc1ccc(C(=O)NNC(=O)COc2ccc(CC)cc2Br)cc1. The zero-order valence-electron chi connectivity index (χ0n) is 16.4. The third kappa shape index (κ3) is 7.23. The molecule has 0 bridgehead atoms. The summed E-state index contributed by atoms with van der Waals surface area (Å²) in [6.45, 7) is 3.73. The van der Waals surface area contributed by atoms with Gasteiger partial charge in [-0.1, -0.05) is 19.9 Å². The quantitative estimate of drug-likeness (QED) is 0.523. The van der Waals surface area contributed by atoms with Crippen molar-refractivity contribution >= 4 is 39.3 Å². The average molecular weight is 462 g/mol. The molecule has 0 atom stereocenters. The zero-order valence-corrected chi connectivity index (χ0v) is 18.0. The number of nitrogens with one attached hydrogen (secondary N) is 3. The monoisotopic (exact) mass is 461 g/mol. The summed E-state index contributed by atoms with van der Waals surface area (Å²) in [4.78, 5) is 35.6. The van der Waals surface area contributed by atoms with Gasteiger partial charge in [-0.2, -0.15) is 0 Å². The van der Waals surface area contributed by atoms with E-state index in [2.05, 4.69) is 39.0 Å². The minimum atomic E-state index is -0.492. The molecule has 0 aliphatic carbocycles. The van der Waals surface area contributed by atoms with Crippen molar-refractivity contribution in [3.63, 3.8) is 0 Å². The van der Waals surface area contributed by atoms with E-state index in [1.807, 2.05) is 19.1 Å². The van der Waals surface area contributed by atoms with Gasteiger partial charge in [0.25, 0.3) is 11.8 Å². The molecule has 3 amide bonds. The molecule has 0 aliphatic heterocycles. The highest BCUT2D eigenvalue weighted by molar-refractivity contribution is 9.10. The average Bonchev–Trinajstić information content (AvgIpc) is 2.71. The molecule has 2 aromatic rings. The Balaban J connectivity index is 1.79. The van der Waals surface area contributed by atoms with E-state index in [9.17, 15) is 14.4 Å². The van der Waals surface area contributed by atoms with Crippen molar-refractivity contribution in [2.24, 2.45) is 0 Å². The van der Waals surface area contributed by atoms with Gasteiger partial charge in [-0.25, -0.2) is 0 Å². The van der Waals surface area contributed by atoms with Crippen LogP contribution in [0.1, 0.15) is 42.6 Å². The topological polar surface area (TPSA) is 96.5 Å². The van der Waals surface area contributed by atoms with Gasteiger partial charge < -0.3 is 10.1 Å². The van der Waals surface area contributed by atoms with Crippen molar-refractivity contribution in [3.05, 3.63) is 58.1 Å². The standard InChI is InChI=1S/C21H24BrN3O4/c1-3-5-19(26)23-16-9-7-15(8-10-16)21(28)25-24-20(27)13-29-18-11-6-14(4-2)12-17(18)22/h6-12H,3-5,13H2,1-2H3,(H,23,26)(H,24,27)(H,25,28). The number of rotatable bonds is 8. The number of carbonyl (C=O) groups is 3. The summed E-state index contributed by atoms with van der Waals surface area (Å²) in [7, 11) is 0. The van der Waals surface area contributed by atoms with Gasteiger partial charge in [0.15, 0.2) is 6.61 Å². The molecule has 29 heavy (non-hydrogen) atoms. The molecule has 0 aliphatic rings. The first-order chi connectivity index (χ1) is 13.9. The van der Waals surface area contributed by atoms with Gasteiger partial charge in [-0.05, 0) is 70.7 Å². The Kier molecular flexibility index (Phi) is 8.67. The number of aryl methyl sites for hydroxylation is 1. The number of hydrogen-bond acceptors (Lipinski definition) is 4. The fourth-order valence-electron chi connectivity index (χ4n) is 2.41. The highest BCUT2D eigenvalue weighted by atomic mass is 79.9. The van der Waals surface area contributed by atoms with Crippen molar-refractivity contribution in [2.75, 3.05) is 11.9 Å². The van der Waals surface area contributed by atoms with Crippen LogP contribution in [0.4, 0.5) is 5.69 Å². The van der Waals surface area contributed by atoms with Gasteiger partial charge in [0.05, 0.1) is 4.47 Å². The minimum Gasteiger partial charge on any atom is -0.483 e. The van der Waals surface area contributed by atoms with Crippen LogP contribution < -0.4 is 20.9 Å². The van der Waals surface area contributed by atoms with E-state index in [0.717, 1.165) is 22.9 Å². The lowest BCUT2D eigenvalue weighted by Crippen LogP contribution is -2.43. The normalized spacial score (nSPS) is 10.2. The maximum Gasteiger partial charge on any atom is 0.276 e. The molecule has 2 aromatic carbocycles. The lowest BCUT2D eigenvalue weighted by atomic mass is 10.2. The summed E-state index contributed by atoms with van der Waals surface area (Å²) in [5.74, 6) is -0.496. The third-order valence-electron chi connectivity index (χ3n) is 3.99. The van der Waals surface area contributed by atoms with E-state index in [0.29, 0.717) is 23.4 Å². The van der Waals surface area contributed by atoms with Gasteiger partial charge in [0.1, 0.15) is 5.75 Å². The van der Waals surface area contributed by atoms with Gasteiger partial charge in [0.2, 0.25) is 5.91 Å². The van der Waals surface area contributed by atoms with Crippen molar-refractivity contribution in [3.8, 4) is 5.75 Å². The largest absolute Gasteiger partial charge is 0.483 e. The third-order valence-corrected chi connectivity index (χ3v) is 4.61. The Labute approximate surface area is 178 Å². The van der Waals surface area contributed by atoms with E-state index in [-0.39, 0.29) is 12.5 Å². The number of ether oxygens (including phenoxy) is 1. The van der Waals surface area contributed by atoms with Gasteiger partial charge >= 0.3 is 0 Å². The summed E-state index contributed by atoms with van der Waals surface area (Å²) >= 11 is 3.41. The van der Waals surface area contributed by atoms with Crippen LogP contribution in [0, 0.1) is 0 Å². The van der Waals surface area contributed by atoms with E-state index < -0.39 is 11.8 Å². The highest BCUT2D eigenvalue weighted by Crippen LogP contribution is 2.26. The molecule has 7 nitrogen and oxygen atoms in total. The van der Waals surface area contributed by atoms with E-state index in [1.54, 1.807) is 30.3 Å². The second-order valence-corrected chi connectivity index (χ2v) is 7.14. The Morgan fingerprint density at radius 1 is 0.966 bits per heavy atom. The second kappa shape index (κ2) is 11.2. The number of halogens is 1. The maximum absolute atomic E-state index is 12.1. The molecule has 0 spiro atoms. The number of hydrazine groups is 1. The number of anilines is 1. The lowest BCUT2D eigenvalue weighted by Gasteiger charge is -2.11. The Bertz CT molecular complexity index is 869. The molecule has 0 unspecified atom stereocenters. The predicted molar refractivity (Wildman–Crippen MR) is 115 cm³/mol. The first kappa shape index (κ1) is 22.4. The summed E-state index contributed by atoms with van der Waals surface area (Å²) in [6, 6.07) is 12.0. The van der Waals surface area contributed by atoms with Crippen LogP contribution >= 0.6 is 15.9 Å². The second-order valence-electron chi connectivity index (χ2n) is 6.28. The number of carbonyl (C=O) groups excluding carboxylic acids is 3. The summed E-state index contributed by atoms with van der Waals surface area (Å²) < 4.78 is 6.22. The smallest absolute Gasteiger partial charge is 0.276 e. The van der Waals surface area contributed by atoms with Gasteiger partial charge in [-0.15, -0.1) is 0 Å². The maximum atomic E-state index is 12.1. The van der Waals surface area contributed by atoms with E-state index >= 15 is 0 Å². The molecule has 0 aromatic heterocycles. The molecule has 154 valence electrons. The van der Waals surface area contributed by atoms with Crippen LogP contribution in [0.5, 0.6) is 5.75 Å². The number of amides is 3. The Morgan fingerprint density at radius 2 is 1.69 bits per heavy atom.